The second-order valence-electron chi connectivity index (χ2n) is 5.91. The smallest absolute Gasteiger partial charge is 0.281 e. The van der Waals surface area contributed by atoms with Crippen LogP contribution < -0.4 is 0 Å². The summed E-state index contributed by atoms with van der Waals surface area (Å²) in [5.41, 5.74) is 0. The summed E-state index contributed by atoms with van der Waals surface area (Å²) in [6.07, 6.45) is 0.764. The number of hydrogen-bond donors (Lipinski definition) is 0. The van der Waals surface area contributed by atoms with E-state index >= 15 is 0 Å². The lowest BCUT2D eigenvalue weighted by Gasteiger charge is -2.38. The molecule has 2 unspecified atom stereocenters. The topological polar surface area (TPSA) is 112 Å². The minimum atomic E-state index is -1.67. The van der Waals surface area contributed by atoms with Gasteiger partial charge in [-0.2, -0.15) is 15.8 Å². The van der Waals surface area contributed by atoms with Crippen molar-refractivity contribution in [2.75, 3.05) is 25.7 Å². The molecule has 2 atom stereocenters. The summed E-state index contributed by atoms with van der Waals surface area (Å²) in [4.78, 5) is 0. The average molecular weight is 469 g/mol. The Balaban J connectivity index is 5.20. The lowest BCUT2D eigenvalue weighted by molar-refractivity contribution is 0.257. The van der Waals surface area contributed by atoms with Crippen molar-refractivity contribution in [3.8, 4) is 18.2 Å². The van der Waals surface area contributed by atoms with Crippen LogP contribution >= 0.6 is 35.6 Å². The summed E-state index contributed by atoms with van der Waals surface area (Å²) in [6, 6.07) is 6.47. The summed E-state index contributed by atoms with van der Waals surface area (Å²) >= 11 is 6.24. The molecule has 0 aromatic heterocycles. The largest absolute Gasteiger partial charge is 0.333 e. The summed E-state index contributed by atoms with van der Waals surface area (Å²) in [5.74, 6) is 0.463. The van der Waals surface area contributed by atoms with Crippen molar-refractivity contribution in [1.82, 2.24) is 4.67 Å². The van der Waals surface area contributed by atoms with Crippen molar-refractivity contribution in [3.63, 3.8) is 0 Å². The second-order valence-corrected chi connectivity index (χ2v) is 11.6. The summed E-state index contributed by atoms with van der Waals surface area (Å²) in [5, 5.41) is 26.1. The second kappa shape index (κ2) is 17.7. The van der Waals surface area contributed by atoms with E-state index in [0.717, 1.165) is 0 Å². The Morgan fingerprint density at radius 2 is 1.25 bits per heavy atom. The Morgan fingerprint density at radius 1 is 0.821 bits per heavy atom. The van der Waals surface area contributed by atoms with Gasteiger partial charge < -0.3 is 13.6 Å². The fourth-order valence-corrected chi connectivity index (χ4v) is 8.71. The third-order valence-electron chi connectivity index (χ3n) is 3.02. The lowest BCUT2D eigenvalue weighted by atomic mass is 10.3. The number of nitriles is 3. The van der Waals surface area contributed by atoms with Gasteiger partial charge in [0.1, 0.15) is 8.30 Å². The van der Waals surface area contributed by atoms with Crippen LogP contribution in [-0.2, 0) is 17.9 Å². The highest BCUT2D eigenvalue weighted by Gasteiger charge is 2.32. The lowest BCUT2D eigenvalue weighted by Crippen LogP contribution is -2.33. The Labute approximate surface area is 177 Å². The molecule has 0 heterocycles. The molecular formula is C16H28ClN4O4P3. The van der Waals surface area contributed by atoms with Crippen molar-refractivity contribution in [1.29, 1.82) is 15.8 Å². The van der Waals surface area contributed by atoms with Gasteiger partial charge in [-0.15, -0.1) is 0 Å². The maximum atomic E-state index is 8.74. The molecule has 28 heavy (non-hydrogen) atoms. The highest BCUT2D eigenvalue weighted by atomic mass is 35.7. The first-order valence-corrected chi connectivity index (χ1v) is 13.7. The average Bonchev–Trinajstić information content (AvgIpc) is 2.61. The van der Waals surface area contributed by atoms with Gasteiger partial charge in [-0.25, -0.2) is 0 Å². The normalized spacial score (nSPS) is 13.5. The van der Waals surface area contributed by atoms with Gasteiger partial charge in [-0.05, 0) is 38.9 Å². The molecule has 0 rings (SSSR count). The van der Waals surface area contributed by atoms with E-state index in [1.807, 2.05) is 18.2 Å². The molecule has 8 nitrogen and oxygen atoms in total. The summed E-state index contributed by atoms with van der Waals surface area (Å²) in [6.45, 7) is 9.01. The predicted octanol–water partition coefficient (Wildman–Crippen LogP) is 5.96. The van der Waals surface area contributed by atoms with E-state index in [-0.39, 0.29) is 51.2 Å². The molecule has 0 aromatic carbocycles. The van der Waals surface area contributed by atoms with Gasteiger partial charge >= 0.3 is 0 Å². The molecule has 0 amide bonds. The van der Waals surface area contributed by atoms with Gasteiger partial charge in [0.05, 0.1) is 63.2 Å². The molecule has 0 saturated heterocycles. The molecular weight excluding hydrogens is 441 g/mol. The molecule has 0 N–H and O–H groups in total. The molecule has 0 saturated carbocycles. The first-order valence-electron chi connectivity index (χ1n) is 8.84. The molecule has 0 fully saturated rings. The van der Waals surface area contributed by atoms with E-state index < -0.39 is 24.4 Å². The number of nitrogens with zero attached hydrogens (tertiary/aromatic N) is 4. The highest BCUT2D eigenvalue weighted by molar-refractivity contribution is 7.82. The van der Waals surface area contributed by atoms with Crippen molar-refractivity contribution in [2.24, 2.45) is 0 Å². The van der Waals surface area contributed by atoms with Gasteiger partial charge in [0, 0.05) is 12.1 Å². The third-order valence-corrected chi connectivity index (χ3v) is 9.79. The van der Waals surface area contributed by atoms with Crippen LogP contribution in [0.2, 0.25) is 0 Å². The van der Waals surface area contributed by atoms with E-state index in [1.165, 1.54) is 0 Å². The van der Waals surface area contributed by atoms with Crippen LogP contribution in [0.3, 0.4) is 0 Å². The Kier molecular flexibility index (Phi) is 17.6. The van der Waals surface area contributed by atoms with E-state index in [0.29, 0.717) is 5.90 Å². The molecule has 0 bridgehead atoms. The van der Waals surface area contributed by atoms with Gasteiger partial charge in [0.25, 0.3) is 7.73 Å². The molecule has 0 spiro atoms. The first-order chi connectivity index (χ1) is 13.4. The quantitative estimate of drug-likeness (QED) is 0.201. The zero-order valence-corrected chi connectivity index (χ0v) is 20.2. The van der Waals surface area contributed by atoms with E-state index in [4.69, 9.17) is 44.9 Å². The number of halogens is 1. The zero-order chi connectivity index (χ0) is 21.4. The van der Waals surface area contributed by atoms with Crippen molar-refractivity contribution >= 4 is 35.6 Å². The van der Waals surface area contributed by atoms with Crippen LogP contribution in [0, 0.1) is 34.0 Å². The Hall–Kier alpha value is -0.150. The van der Waals surface area contributed by atoms with E-state index in [2.05, 4.69) is 32.4 Å². The van der Waals surface area contributed by atoms with Crippen molar-refractivity contribution < 1.29 is 17.9 Å². The standard InChI is InChI=1S/C16H28ClN4O4P3/c1-15(2)21(16(3)4)26(25-28(17)24-13-7-10-20)14-27(22-11-5-8-18)23-12-6-9-19/h15-16H,5-7,11-14H2,1-4H3. The molecule has 0 aliphatic heterocycles. The predicted molar refractivity (Wildman–Crippen MR) is 113 cm³/mol. The highest BCUT2D eigenvalue weighted by Crippen LogP contribution is 2.64. The summed E-state index contributed by atoms with van der Waals surface area (Å²) in [7, 11) is -4.23. The van der Waals surface area contributed by atoms with E-state index in [9.17, 15) is 0 Å². The number of rotatable bonds is 16. The van der Waals surface area contributed by atoms with E-state index in [1.54, 1.807) is 0 Å². The van der Waals surface area contributed by atoms with Crippen LogP contribution in [0.4, 0.5) is 0 Å². The summed E-state index contributed by atoms with van der Waals surface area (Å²) < 4.78 is 25.2. The third kappa shape index (κ3) is 13.1. The molecule has 12 heteroatoms. The Morgan fingerprint density at radius 3 is 1.64 bits per heavy atom. The van der Waals surface area contributed by atoms with Gasteiger partial charge in [0.2, 0.25) is 0 Å². The fraction of sp³-hybridized carbons (Fsp3) is 0.812. The molecule has 0 radical (unpaired) electrons. The SMILES string of the molecule is CC(C)N(C(C)C)P(CP(OCCC#N)OCCC#N)OP(Cl)OCCC#N. The van der Waals surface area contributed by atoms with Crippen LogP contribution in [0.25, 0.3) is 0 Å². The maximum Gasteiger partial charge on any atom is 0.281 e. The van der Waals surface area contributed by atoms with Crippen LogP contribution in [0.1, 0.15) is 47.0 Å². The molecule has 158 valence electrons. The monoisotopic (exact) mass is 468 g/mol. The maximum absolute atomic E-state index is 8.74. The van der Waals surface area contributed by atoms with Crippen LogP contribution in [0.5, 0.6) is 0 Å². The van der Waals surface area contributed by atoms with Gasteiger partial charge in [0.15, 0.2) is 8.38 Å². The van der Waals surface area contributed by atoms with Crippen molar-refractivity contribution in [2.45, 2.75) is 59.0 Å². The van der Waals surface area contributed by atoms with Crippen molar-refractivity contribution in [3.05, 3.63) is 0 Å². The molecule has 0 aliphatic rings. The molecule has 0 aromatic rings. The van der Waals surface area contributed by atoms with Gasteiger partial charge in [-0.3, -0.25) is 8.98 Å². The first kappa shape index (κ1) is 27.8. The van der Waals surface area contributed by atoms with Crippen LogP contribution in [0.15, 0.2) is 0 Å². The Bertz CT molecular complexity index is 511. The van der Waals surface area contributed by atoms with Crippen LogP contribution in [-0.4, -0.2) is 42.5 Å². The fourth-order valence-electron chi connectivity index (χ4n) is 2.12. The zero-order valence-electron chi connectivity index (χ0n) is 16.7. The number of hydrogen-bond acceptors (Lipinski definition) is 8. The molecule has 0 aliphatic carbocycles. The minimum absolute atomic E-state index is 0.195. The minimum Gasteiger partial charge on any atom is -0.333 e. The van der Waals surface area contributed by atoms with Gasteiger partial charge in [-0.1, -0.05) is 0 Å².